The number of amides is 2. The first-order chi connectivity index (χ1) is 14.5. The van der Waals surface area contributed by atoms with Gasteiger partial charge in [0.05, 0.1) is 11.4 Å². The van der Waals surface area contributed by atoms with Crippen LogP contribution in [-0.2, 0) is 20.8 Å². The number of carboxylic acid groups (broad SMARTS) is 1. The third-order valence-electron chi connectivity index (χ3n) is 4.73. The van der Waals surface area contributed by atoms with Gasteiger partial charge in [-0.3, -0.25) is 14.5 Å². The summed E-state index contributed by atoms with van der Waals surface area (Å²) in [5.41, 5.74) is 0.807. The van der Waals surface area contributed by atoms with Crippen LogP contribution in [0, 0.1) is 0 Å². The quantitative estimate of drug-likeness (QED) is 0.643. The molecular formula is C21H17ClN2O4S2. The van der Waals surface area contributed by atoms with Gasteiger partial charge in [0.25, 0.3) is 5.91 Å². The predicted octanol–water partition coefficient (Wildman–Crippen LogP) is 3.37. The van der Waals surface area contributed by atoms with Crippen LogP contribution in [0.15, 0.2) is 70.1 Å². The summed E-state index contributed by atoms with van der Waals surface area (Å²) in [5, 5.41) is 12.6. The molecule has 30 heavy (non-hydrogen) atoms. The number of β-lactam (4-membered cyclic amide) rings is 1. The van der Waals surface area contributed by atoms with E-state index < -0.39 is 23.3 Å². The van der Waals surface area contributed by atoms with Gasteiger partial charge in [-0.15, -0.1) is 11.8 Å². The number of nitrogens with zero attached hydrogens (tertiary/aromatic N) is 1. The summed E-state index contributed by atoms with van der Waals surface area (Å²) in [6.07, 6.45) is 0.164. The van der Waals surface area contributed by atoms with Gasteiger partial charge in [0, 0.05) is 15.6 Å². The van der Waals surface area contributed by atoms with Crippen LogP contribution in [0.1, 0.15) is 5.56 Å². The van der Waals surface area contributed by atoms with E-state index in [0.717, 1.165) is 10.5 Å². The molecule has 1 fully saturated rings. The molecule has 2 heterocycles. The Morgan fingerprint density at radius 2 is 1.87 bits per heavy atom. The van der Waals surface area contributed by atoms with E-state index in [1.165, 1.54) is 28.4 Å². The first-order valence-electron chi connectivity index (χ1n) is 9.12. The van der Waals surface area contributed by atoms with E-state index in [2.05, 4.69) is 5.32 Å². The minimum absolute atomic E-state index is 0.0396. The number of nitrogens with one attached hydrogen (secondary N) is 1. The fraction of sp³-hybridized carbons (Fsp3) is 0.190. The molecule has 2 atom stereocenters. The molecular weight excluding hydrogens is 444 g/mol. The Kier molecular flexibility index (Phi) is 6.08. The van der Waals surface area contributed by atoms with Crippen molar-refractivity contribution >= 4 is 52.9 Å². The second-order valence-corrected chi connectivity index (χ2v) is 9.38. The van der Waals surface area contributed by atoms with E-state index in [4.69, 9.17) is 11.6 Å². The molecule has 0 saturated carbocycles. The van der Waals surface area contributed by atoms with Crippen molar-refractivity contribution < 1.29 is 19.5 Å². The summed E-state index contributed by atoms with van der Waals surface area (Å²) in [5.74, 6) is -1.44. The number of thioether (sulfide) groups is 2. The maximum atomic E-state index is 12.7. The maximum Gasteiger partial charge on any atom is 0.353 e. The van der Waals surface area contributed by atoms with Crippen molar-refractivity contribution in [3.05, 3.63) is 75.8 Å². The molecule has 0 bridgehead atoms. The first-order valence-corrected chi connectivity index (χ1v) is 11.4. The van der Waals surface area contributed by atoms with Crippen LogP contribution < -0.4 is 5.32 Å². The molecule has 0 unspecified atom stereocenters. The average Bonchev–Trinajstić information content (AvgIpc) is 2.73. The van der Waals surface area contributed by atoms with Crippen LogP contribution in [-0.4, -0.2) is 45.0 Å². The number of halogens is 1. The molecule has 0 radical (unpaired) electrons. The molecule has 4 rings (SSSR count). The van der Waals surface area contributed by atoms with E-state index in [9.17, 15) is 19.5 Å². The van der Waals surface area contributed by atoms with Gasteiger partial charge in [0.2, 0.25) is 5.91 Å². The molecule has 2 aromatic carbocycles. The number of benzene rings is 2. The fourth-order valence-corrected chi connectivity index (χ4v) is 6.08. The van der Waals surface area contributed by atoms with E-state index >= 15 is 0 Å². The zero-order chi connectivity index (χ0) is 21.3. The van der Waals surface area contributed by atoms with Gasteiger partial charge in [-0.25, -0.2) is 4.79 Å². The zero-order valence-corrected chi connectivity index (χ0v) is 18.0. The Balaban J connectivity index is 1.49. The second kappa shape index (κ2) is 8.75. The summed E-state index contributed by atoms with van der Waals surface area (Å²) in [6, 6.07) is 15.7. The number of fused-ring (bicyclic) bond motifs is 1. The van der Waals surface area contributed by atoms with Gasteiger partial charge in [-0.2, -0.15) is 0 Å². The van der Waals surface area contributed by atoms with Crippen LogP contribution in [0.4, 0.5) is 0 Å². The van der Waals surface area contributed by atoms with Gasteiger partial charge >= 0.3 is 5.97 Å². The Hall–Kier alpha value is -2.42. The highest BCUT2D eigenvalue weighted by molar-refractivity contribution is 8.06. The number of hydrogen-bond donors (Lipinski definition) is 2. The number of rotatable bonds is 6. The molecule has 0 spiro atoms. The van der Waals surface area contributed by atoms with Crippen molar-refractivity contribution in [3.8, 4) is 0 Å². The fourth-order valence-electron chi connectivity index (χ4n) is 3.34. The summed E-state index contributed by atoms with van der Waals surface area (Å²) in [7, 11) is 0. The normalized spacial score (nSPS) is 20.4. The van der Waals surface area contributed by atoms with Crippen molar-refractivity contribution in [2.45, 2.75) is 22.7 Å². The van der Waals surface area contributed by atoms with Gasteiger partial charge in [-0.1, -0.05) is 65.8 Å². The third-order valence-corrected chi connectivity index (χ3v) is 7.79. The second-order valence-electron chi connectivity index (χ2n) is 6.73. The average molecular weight is 461 g/mol. The highest BCUT2D eigenvalue weighted by Crippen LogP contribution is 2.46. The van der Waals surface area contributed by atoms with Crippen LogP contribution in [0.2, 0.25) is 5.02 Å². The van der Waals surface area contributed by atoms with Gasteiger partial charge in [0.15, 0.2) is 0 Å². The molecule has 154 valence electrons. The minimum atomic E-state index is -1.17. The van der Waals surface area contributed by atoms with Crippen molar-refractivity contribution in [3.63, 3.8) is 0 Å². The van der Waals surface area contributed by atoms with Crippen LogP contribution >= 0.6 is 35.1 Å². The first kappa shape index (κ1) is 20.8. The van der Waals surface area contributed by atoms with Crippen LogP contribution in [0.3, 0.4) is 0 Å². The molecule has 2 aliphatic rings. The number of hydrogen-bond acceptors (Lipinski definition) is 5. The van der Waals surface area contributed by atoms with Crippen molar-refractivity contribution in [1.82, 2.24) is 10.2 Å². The van der Waals surface area contributed by atoms with Crippen LogP contribution in [0.5, 0.6) is 0 Å². The van der Waals surface area contributed by atoms with Gasteiger partial charge in [-0.05, 0) is 17.7 Å². The number of aliphatic carboxylic acids is 1. The monoisotopic (exact) mass is 460 g/mol. The molecule has 1 saturated heterocycles. The lowest BCUT2D eigenvalue weighted by molar-refractivity contribution is -0.150. The molecule has 9 heteroatoms. The molecule has 0 aliphatic carbocycles. The number of carbonyl (C=O) groups excluding carboxylic acids is 2. The molecule has 2 aliphatic heterocycles. The number of carboxylic acids is 1. The van der Waals surface area contributed by atoms with E-state index in [0.29, 0.717) is 15.7 Å². The molecule has 2 N–H and O–H groups in total. The maximum absolute atomic E-state index is 12.7. The minimum Gasteiger partial charge on any atom is -0.477 e. The van der Waals surface area contributed by atoms with E-state index in [-0.39, 0.29) is 18.0 Å². The van der Waals surface area contributed by atoms with Gasteiger partial charge < -0.3 is 10.4 Å². The Labute approximate surface area is 186 Å². The molecule has 0 aromatic heterocycles. The molecule has 2 amide bonds. The zero-order valence-electron chi connectivity index (χ0n) is 15.6. The smallest absolute Gasteiger partial charge is 0.353 e. The SMILES string of the molecule is O=C(Cc1ccccc1)N[C@@H]1C(=O)N2C(C(=O)O)=C(Sc3ccccc3Cl)CS[C@@H]12. The highest BCUT2D eigenvalue weighted by atomic mass is 35.5. The van der Waals surface area contributed by atoms with Crippen molar-refractivity contribution in [2.24, 2.45) is 0 Å². The lowest BCUT2D eigenvalue weighted by atomic mass is 10.0. The summed E-state index contributed by atoms with van der Waals surface area (Å²) in [4.78, 5) is 39.6. The Morgan fingerprint density at radius 1 is 1.17 bits per heavy atom. The van der Waals surface area contributed by atoms with Crippen molar-refractivity contribution in [2.75, 3.05) is 5.75 Å². The third kappa shape index (κ3) is 4.08. The Morgan fingerprint density at radius 3 is 2.57 bits per heavy atom. The lowest BCUT2D eigenvalue weighted by Gasteiger charge is -2.49. The largest absolute Gasteiger partial charge is 0.477 e. The van der Waals surface area contributed by atoms with Crippen molar-refractivity contribution in [1.29, 1.82) is 0 Å². The van der Waals surface area contributed by atoms with E-state index in [1.54, 1.807) is 18.2 Å². The topological polar surface area (TPSA) is 86.7 Å². The van der Waals surface area contributed by atoms with Crippen LogP contribution in [0.25, 0.3) is 0 Å². The summed E-state index contributed by atoms with van der Waals surface area (Å²) >= 11 is 8.88. The lowest BCUT2D eigenvalue weighted by Crippen LogP contribution is -2.70. The molecule has 2 aromatic rings. The number of carbonyl (C=O) groups is 3. The molecule has 6 nitrogen and oxygen atoms in total. The highest BCUT2D eigenvalue weighted by Gasteiger charge is 2.54. The predicted molar refractivity (Wildman–Crippen MR) is 117 cm³/mol. The Bertz CT molecular complexity index is 1040. The standard InChI is InChI=1S/C21H17ClN2O4S2/c22-13-8-4-5-9-14(13)30-15-11-29-20-17(19(26)24(20)18(15)21(27)28)23-16(25)10-12-6-2-1-3-7-12/h1-9,17,20H,10-11H2,(H,23,25)(H,27,28)/t17-,20+/m1/s1. The summed E-state index contributed by atoms with van der Waals surface area (Å²) < 4.78 is 0. The van der Waals surface area contributed by atoms with E-state index in [1.807, 2.05) is 36.4 Å². The summed E-state index contributed by atoms with van der Waals surface area (Å²) in [6.45, 7) is 0. The van der Waals surface area contributed by atoms with Gasteiger partial charge in [0.1, 0.15) is 17.1 Å².